The van der Waals surface area contributed by atoms with Crippen molar-refractivity contribution >= 4 is 17.4 Å². The first-order valence-electron chi connectivity index (χ1n) is 10.1. The Morgan fingerprint density at radius 3 is 2.11 bits per heavy atom. The van der Waals surface area contributed by atoms with Crippen LogP contribution in [0.1, 0.15) is 66.7 Å². The summed E-state index contributed by atoms with van der Waals surface area (Å²) in [4.78, 5) is 12.5. The van der Waals surface area contributed by atoms with Gasteiger partial charge in [-0.2, -0.15) is 0 Å². The molecule has 0 spiro atoms. The number of carbonyl (C=O) groups excluding carboxylic acids is 1. The van der Waals surface area contributed by atoms with Crippen molar-refractivity contribution in [3.05, 3.63) is 46.1 Å². The first-order chi connectivity index (χ1) is 13.2. The number of methoxy groups -OCH3 is 2. The van der Waals surface area contributed by atoms with Gasteiger partial charge in [0.2, 0.25) is 5.79 Å². The zero-order chi connectivity index (χ0) is 21.3. The van der Waals surface area contributed by atoms with Gasteiger partial charge in [-0.25, -0.2) is 0 Å². The fourth-order valence-corrected chi connectivity index (χ4v) is 4.13. The first kappa shape index (κ1) is 24.9. The van der Waals surface area contributed by atoms with Gasteiger partial charge >= 0.3 is 0 Å². The summed E-state index contributed by atoms with van der Waals surface area (Å²) >= 11 is 6.27. The van der Waals surface area contributed by atoms with E-state index in [0.29, 0.717) is 11.5 Å². The number of ether oxygens (including phenoxy) is 2. The summed E-state index contributed by atoms with van der Waals surface area (Å²) < 4.78 is 11.1. The predicted molar refractivity (Wildman–Crippen MR) is 118 cm³/mol. The van der Waals surface area contributed by atoms with Gasteiger partial charge in [0.25, 0.3) is 0 Å². The van der Waals surface area contributed by atoms with Gasteiger partial charge < -0.3 is 9.47 Å². The molecule has 1 rings (SSSR count). The van der Waals surface area contributed by atoms with E-state index >= 15 is 0 Å². The van der Waals surface area contributed by atoms with Crippen molar-refractivity contribution in [2.45, 2.75) is 72.5 Å². The third-order valence-corrected chi connectivity index (χ3v) is 5.99. The summed E-state index contributed by atoms with van der Waals surface area (Å²) in [5, 5.41) is 0.320. The Morgan fingerprint density at radius 2 is 1.57 bits per heavy atom. The molecule has 2 unspecified atom stereocenters. The highest BCUT2D eigenvalue weighted by Crippen LogP contribution is 2.43. The van der Waals surface area contributed by atoms with Crippen molar-refractivity contribution < 1.29 is 14.3 Å². The molecule has 1 aliphatic rings. The van der Waals surface area contributed by atoms with Crippen molar-refractivity contribution in [3.8, 4) is 0 Å². The summed E-state index contributed by atoms with van der Waals surface area (Å²) in [7, 11) is 3.13. The van der Waals surface area contributed by atoms with Crippen LogP contribution in [0.2, 0.25) is 0 Å². The Balaban J connectivity index is 2.65. The molecule has 4 heteroatoms. The molecule has 0 aliphatic heterocycles. The summed E-state index contributed by atoms with van der Waals surface area (Å²) in [6.45, 7) is 10.6. The van der Waals surface area contributed by atoms with Gasteiger partial charge in [-0.1, -0.05) is 53.5 Å². The molecule has 0 radical (unpaired) electrons. The highest BCUT2D eigenvalue weighted by atomic mass is 35.5. The lowest BCUT2D eigenvalue weighted by Gasteiger charge is -2.42. The summed E-state index contributed by atoms with van der Waals surface area (Å²) in [5.74, 6) is -1.35. The van der Waals surface area contributed by atoms with Gasteiger partial charge in [-0.15, -0.1) is 0 Å². The lowest BCUT2D eigenvalue weighted by Crippen LogP contribution is -2.49. The van der Waals surface area contributed by atoms with Gasteiger partial charge in [0.1, 0.15) is 0 Å². The van der Waals surface area contributed by atoms with E-state index in [9.17, 15) is 4.79 Å². The van der Waals surface area contributed by atoms with Gasteiger partial charge in [-0.05, 0) is 59.8 Å². The van der Waals surface area contributed by atoms with Crippen LogP contribution in [0.5, 0.6) is 0 Å². The van der Waals surface area contributed by atoms with E-state index in [-0.39, 0.29) is 17.6 Å². The van der Waals surface area contributed by atoms with Gasteiger partial charge in [-0.3, -0.25) is 4.79 Å². The molecule has 0 heterocycles. The average molecular weight is 409 g/mol. The molecular weight excluding hydrogens is 372 g/mol. The van der Waals surface area contributed by atoms with E-state index in [2.05, 4.69) is 45.9 Å². The molecule has 0 fully saturated rings. The average Bonchev–Trinajstić information content (AvgIpc) is 2.62. The zero-order valence-electron chi connectivity index (χ0n) is 18.6. The predicted octanol–water partition coefficient (Wildman–Crippen LogP) is 6.74. The fraction of sp³-hybridized carbons (Fsp3) is 0.625. The molecule has 0 aromatic carbocycles. The number of hydrogen-bond donors (Lipinski definition) is 0. The molecule has 3 nitrogen and oxygen atoms in total. The van der Waals surface area contributed by atoms with Crippen LogP contribution in [0.15, 0.2) is 46.1 Å². The lowest BCUT2D eigenvalue weighted by molar-refractivity contribution is -0.217. The second-order valence-corrected chi connectivity index (χ2v) is 8.47. The molecule has 1 aliphatic carbocycles. The molecular formula is C24H37ClO3. The number of hydrogen-bond acceptors (Lipinski definition) is 3. The Labute approximate surface area is 176 Å². The maximum absolute atomic E-state index is 12.5. The Kier molecular flexibility index (Phi) is 10.4. The van der Waals surface area contributed by atoms with Crippen molar-refractivity contribution in [2.24, 2.45) is 11.8 Å². The Morgan fingerprint density at radius 1 is 1.04 bits per heavy atom. The zero-order valence-corrected chi connectivity index (χ0v) is 19.4. The lowest BCUT2D eigenvalue weighted by atomic mass is 9.76. The highest BCUT2D eigenvalue weighted by Gasteiger charge is 2.48. The maximum atomic E-state index is 12.5. The first-order valence-corrected chi connectivity index (χ1v) is 10.5. The van der Waals surface area contributed by atoms with Gasteiger partial charge in [0.05, 0.1) is 5.03 Å². The second-order valence-electron chi connectivity index (χ2n) is 8.06. The highest BCUT2D eigenvalue weighted by molar-refractivity contribution is 6.32. The minimum atomic E-state index is -1.03. The molecule has 0 bridgehead atoms. The van der Waals surface area contributed by atoms with E-state index in [1.807, 2.05) is 6.92 Å². The van der Waals surface area contributed by atoms with Crippen LogP contribution in [-0.4, -0.2) is 25.8 Å². The molecule has 158 valence electrons. The summed E-state index contributed by atoms with van der Waals surface area (Å²) in [6.07, 6.45) is 13.2. The minimum Gasteiger partial charge on any atom is -0.348 e. The normalized spacial score (nSPS) is 22.9. The molecule has 0 aromatic rings. The van der Waals surface area contributed by atoms with E-state index < -0.39 is 5.79 Å². The minimum absolute atomic E-state index is 0.0429. The number of rotatable bonds is 10. The van der Waals surface area contributed by atoms with Crippen LogP contribution in [0.25, 0.3) is 0 Å². The van der Waals surface area contributed by atoms with Crippen molar-refractivity contribution in [2.75, 3.05) is 14.2 Å². The SMILES string of the molecule is COC1(OC)C(Cl)=CC(=O)C(C/C=C(\C)CC/C=C(\C)CCC=C(C)C)C1C. The van der Waals surface area contributed by atoms with Crippen molar-refractivity contribution in [1.82, 2.24) is 0 Å². The second kappa shape index (κ2) is 11.7. The third-order valence-electron chi connectivity index (χ3n) is 5.62. The molecule has 0 aromatic heterocycles. The van der Waals surface area contributed by atoms with Crippen LogP contribution in [0, 0.1) is 11.8 Å². The van der Waals surface area contributed by atoms with Gasteiger partial charge in [0.15, 0.2) is 5.78 Å². The van der Waals surface area contributed by atoms with Crippen LogP contribution < -0.4 is 0 Å². The molecule has 2 atom stereocenters. The van der Waals surface area contributed by atoms with Crippen LogP contribution in [0.4, 0.5) is 0 Å². The van der Waals surface area contributed by atoms with E-state index in [1.54, 1.807) is 14.2 Å². The summed E-state index contributed by atoms with van der Waals surface area (Å²) in [5.41, 5.74) is 4.11. The van der Waals surface area contributed by atoms with Crippen molar-refractivity contribution in [3.63, 3.8) is 0 Å². The van der Waals surface area contributed by atoms with E-state index in [1.165, 1.54) is 22.8 Å². The molecule has 28 heavy (non-hydrogen) atoms. The summed E-state index contributed by atoms with van der Waals surface area (Å²) in [6, 6.07) is 0. The van der Waals surface area contributed by atoms with Crippen LogP contribution in [0.3, 0.4) is 0 Å². The maximum Gasteiger partial charge on any atom is 0.208 e. The Bertz CT molecular complexity index is 647. The van der Waals surface area contributed by atoms with Gasteiger partial charge in [0, 0.05) is 32.1 Å². The number of allylic oxidation sites excluding steroid dienone is 7. The Hall–Kier alpha value is -1.16. The topological polar surface area (TPSA) is 35.5 Å². The van der Waals surface area contributed by atoms with E-state index in [0.717, 1.165) is 25.7 Å². The number of halogens is 1. The van der Waals surface area contributed by atoms with Crippen LogP contribution >= 0.6 is 11.6 Å². The molecule has 0 saturated heterocycles. The smallest absolute Gasteiger partial charge is 0.208 e. The number of carbonyl (C=O) groups is 1. The molecule has 0 N–H and O–H groups in total. The molecule has 0 saturated carbocycles. The monoisotopic (exact) mass is 408 g/mol. The fourth-order valence-electron chi connectivity index (χ4n) is 3.70. The largest absolute Gasteiger partial charge is 0.348 e. The standard InChI is InChI=1S/C24H37ClO3/c1-17(2)10-8-11-18(3)12-9-13-19(4)14-15-21-20(5)24(27-6,28-7)23(25)16-22(21)26/h10,12,14,16,20-21H,8-9,11,13,15H2,1-7H3/b18-12+,19-14+. The van der Waals surface area contributed by atoms with Crippen LogP contribution in [-0.2, 0) is 14.3 Å². The van der Waals surface area contributed by atoms with E-state index in [4.69, 9.17) is 21.1 Å². The molecule has 0 amide bonds. The number of ketones is 1. The third kappa shape index (κ3) is 6.72. The van der Waals surface area contributed by atoms with Crippen molar-refractivity contribution in [1.29, 1.82) is 0 Å². The quantitative estimate of drug-likeness (QED) is 0.296.